The van der Waals surface area contributed by atoms with E-state index in [1.165, 1.54) is 5.56 Å². The fourth-order valence-electron chi connectivity index (χ4n) is 0.777. The van der Waals surface area contributed by atoms with Crippen molar-refractivity contribution in [2.45, 2.75) is 0 Å². The van der Waals surface area contributed by atoms with Crippen LogP contribution in [0.5, 0.6) is 0 Å². The Bertz CT molecular complexity index is 390. The molecule has 90 valence electrons. The van der Waals surface area contributed by atoms with Gasteiger partial charge < -0.3 is 5.11 Å². The summed E-state index contributed by atoms with van der Waals surface area (Å²) in [6.45, 7) is 3.36. The molecular formula is C10H16N2O3S. The Balaban J connectivity index is 0.000000281. The summed E-state index contributed by atoms with van der Waals surface area (Å²) in [5.74, 6) is 0. The zero-order valence-electron chi connectivity index (χ0n) is 8.83. The van der Waals surface area contributed by atoms with Crippen molar-refractivity contribution in [1.82, 2.24) is 4.72 Å². The molecule has 0 aliphatic rings. The number of benzene rings is 1. The summed E-state index contributed by atoms with van der Waals surface area (Å²) < 4.78 is 21.8. The van der Waals surface area contributed by atoms with Crippen LogP contribution >= 0.6 is 0 Å². The molecule has 0 aliphatic carbocycles. The van der Waals surface area contributed by atoms with Gasteiger partial charge in [-0.15, -0.1) is 0 Å². The molecule has 0 saturated carbocycles. The number of aliphatic hydroxyl groups is 1. The summed E-state index contributed by atoms with van der Waals surface area (Å²) in [5.41, 5.74) is 1.17. The van der Waals surface area contributed by atoms with Gasteiger partial charge in [0.2, 0.25) is 0 Å². The van der Waals surface area contributed by atoms with E-state index in [1.807, 2.05) is 41.1 Å². The SMILES string of the molecule is C=Cc1ccccc1.NS(=O)(=O)NCCO. The number of aliphatic hydroxyl groups excluding tert-OH is 1. The van der Waals surface area contributed by atoms with Gasteiger partial charge in [-0.3, -0.25) is 0 Å². The third kappa shape index (κ3) is 9.35. The van der Waals surface area contributed by atoms with Gasteiger partial charge in [0.25, 0.3) is 10.2 Å². The molecule has 0 amide bonds. The second kappa shape index (κ2) is 8.00. The Labute approximate surface area is 95.8 Å². The average molecular weight is 244 g/mol. The summed E-state index contributed by atoms with van der Waals surface area (Å²) >= 11 is 0. The zero-order chi connectivity index (χ0) is 12.4. The molecule has 0 fully saturated rings. The Hall–Kier alpha value is -1.21. The molecule has 4 N–H and O–H groups in total. The van der Waals surface area contributed by atoms with Crippen molar-refractivity contribution in [2.24, 2.45) is 5.14 Å². The number of nitrogens with two attached hydrogens (primary N) is 1. The summed E-state index contributed by atoms with van der Waals surface area (Å²) in [5, 5.41) is 12.5. The molecule has 1 aromatic carbocycles. The monoisotopic (exact) mass is 244 g/mol. The lowest BCUT2D eigenvalue weighted by Gasteiger charge is -1.94. The minimum absolute atomic E-state index is 0.0289. The second-order valence-electron chi connectivity index (χ2n) is 2.78. The van der Waals surface area contributed by atoms with Crippen LogP contribution in [0.2, 0.25) is 0 Å². The highest BCUT2D eigenvalue weighted by Crippen LogP contribution is 1.97. The van der Waals surface area contributed by atoms with Crippen molar-refractivity contribution in [3.05, 3.63) is 42.5 Å². The molecule has 0 aliphatic heterocycles. The normalized spacial score (nSPS) is 10.1. The quantitative estimate of drug-likeness (QED) is 0.701. The van der Waals surface area contributed by atoms with E-state index in [4.69, 9.17) is 5.11 Å². The van der Waals surface area contributed by atoms with E-state index in [0.717, 1.165) is 0 Å². The molecule has 16 heavy (non-hydrogen) atoms. The summed E-state index contributed by atoms with van der Waals surface area (Å²) in [6, 6.07) is 10.0. The Morgan fingerprint density at radius 1 is 1.38 bits per heavy atom. The van der Waals surface area contributed by atoms with E-state index in [0.29, 0.717) is 0 Å². The predicted octanol–water partition coefficient (Wildman–Crippen LogP) is 0.101. The maximum absolute atomic E-state index is 9.95. The van der Waals surface area contributed by atoms with Gasteiger partial charge >= 0.3 is 0 Å². The number of hydrogen-bond donors (Lipinski definition) is 3. The van der Waals surface area contributed by atoms with E-state index >= 15 is 0 Å². The lowest BCUT2D eigenvalue weighted by Crippen LogP contribution is -2.32. The van der Waals surface area contributed by atoms with Crippen molar-refractivity contribution in [1.29, 1.82) is 0 Å². The van der Waals surface area contributed by atoms with Gasteiger partial charge in [0, 0.05) is 6.54 Å². The van der Waals surface area contributed by atoms with Gasteiger partial charge in [0.1, 0.15) is 0 Å². The lowest BCUT2D eigenvalue weighted by molar-refractivity contribution is 0.301. The molecule has 0 saturated heterocycles. The van der Waals surface area contributed by atoms with Crippen LogP contribution in [-0.2, 0) is 10.2 Å². The van der Waals surface area contributed by atoms with Crippen LogP contribution in [0.1, 0.15) is 5.56 Å². The Morgan fingerprint density at radius 3 is 2.19 bits per heavy atom. The van der Waals surface area contributed by atoms with Crippen molar-refractivity contribution in [2.75, 3.05) is 13.2 Å². The van der Waals surface area contributed by atoms with Crippen LogP contribution in [-0.4, -0.2) is 26.7 Å². The van der Waals surface area contributed by atoms with Crippen LogP contribution in [0.4, 0.5) is 0 Å². The Kier molecular flexibility index (Phi) is 7.40. The van der Waals surface area contributed by atoms with E-state index in [1.54, 1.807) is 0 Å². The molecule has 1 rings (SSSR count). The number of nitrogens with one attached hydrogen (secondary N) is 1. The standard InChI is InChI=1S/C8H8.C2H8N2O3S/c1-2-8-6-4-3-5-7-8;3-8(6,7)4-1-2-5/h2-7H,1H2;4-5H,1-2H2,(H2,3,6,7). The molecule has 0 atom stereocenters. The molecule has 0 unspecified atom stereocenters. The minimum atomic E-state index is -3.60. The third-order valence-corrected chi connectivity index (χ3v) is 2.06. The van der Waals surface area contributed by atoms with Crippen molar-refractivity contribution < 1.29 is 13.5 Å². The highest BCUT2D eigenvalue weighted by molar-refractivity contribution is 7.87. The fourth-order valence-corrected chi connectivity index (χ4v) is 1.15. The topological polar surface area (TPSA) is 92.4 Å². The van der Waals surface area contributed by atoms with Crippen molar-refractivity contribution in [3.8, 4) is 0 Å². The number of hydrogen-bond acceptors (Lipinski definition) is 3. The predicted molar refractivity (Wildman–Crippen MR) is 64.7 cm³/mol. The zero-order valence-corrected chi connectivity index (χ0v) is 9.65. The summed E-state index contributed by atoms with van der Waals surface area (Å²) in [4.78, 5) is 0. The summed E-state index contributed by atoms with van der Waals surface area (Å²) in [7, 11) is -3.60. The average Bonchev–Trinajstić information content (AvgIpc) is 2.27. The van der Waals surface area contributed by atoms with E-state index in [2.05, 4.69) is 11.7 Å². The first-order chi connectivity index (χ1) is 7.49. The molecule has 6 heteroatoms. The van der Waals surface area contributed by atoms with Crippen LogP contribution in [0.15, 0.2) is 36.9 Å². The third-order valence-electron chi connectivity index (χ3n) is 1.45. The van der Waals surface area contributed by atoms with E-state index in [-0.39, 0.29) is 13.2 Å². The van der Waals surface area contributed by atoms with Gasteiger partial charge in [-0.25, -0.2) is 9.86 Å². The second-order valence-corrected chi connectivity index (χ2v) is 4.16. The molecule has 5 nitrogen and oxygen atoms in total. The van der Waals surface area contributed by atoms with Crippen molar-refractivity contribution >= 4 is 16.3 Å². The van der Waals surface area contributed by atoms with Gasteiger partial charge in [0.05, 0.1) is 6.61 Å². The first-order valence-corrected chi connectivity index (χ1v) is 6.10. The van der Waals surface area contributed by atoms with Gasteiger partial charge in [-0.1, -0.05) is 43.0 Å². The molecule has 0 radical (unpaired) electrons. The smallest absolute Gasteiger partial charge is 0.274 e. The lowest BCUT2D eigenvalue weighted by atomic mass is 10.2. The highest BCUT2D eigenvalue weighted by atomic mass is 32.2. The highest BCUT2D eigenvalue weighted by Gasteiger charge is 1.95. The van der Waals surface area contributed by atoms with E-state index in [9.17, 15) is 8.42 Å². The minimum Gasteiger partial charge on any atom is -0.395 e. The van der Waals surface area contributed by atoms with E-state index < -0.39 is 10.2 Å². The molecule has 1 aromatic rings. The first kappa shape index (κ1) is 14.8. The number of rotatable bonds is 4. The first-order valence-electron chi connectivity index (χ1n) is 4.55. The van der Waals surface area contributed by atoms with Crippen LogP contribution in [0.25, 0.3) is 6.08 Å². The molecule has 0 aromatic heterocycles. The van der Waals surface area contributed by atoms with Crippen LogP contribution in [0.3, 0.4) is 0 Å². The largest absolute Gasteiger partial charge is 0.395 e. The van der Waals surface area contributed by atoms with Gasteiger partial charge in [0.15, 0.2) is 0 Å². The van der Waals surface area contributed by atoms with Gasteiger partial charge in [-0.05, 0) is 5.56 Å². The van der Waals surface area contributed by atoms with Crippen molar-refractivity contribution in [3.63, 3.8) is 0 Å². The molecule has 0 bridgehead atoms. The van der Waals surface area contributed by atoms with Gasteiger partial charge in [-0.2, -0.15) is 8.42 Å². The maximum Gasteiger partial charge on any atom is 0.274 e. The van der Waals surface area contributed by atoms with Crippen LogP contribution in [0, 0.1) is 0 Å². The maximum atomic E-state index is 9.95. The Morgan fingerprint density at radius 2 is 1.94 bits per heavy atom. The molecule has 0 heterocycles. The molecule has 0 spiro atoms. The molecular weight excluding hydrogens is 228 g/mol. The fraction of sp³-hybridized carbons (Fsp3) is 0.200. The van der Waals surface area contributed by atoms with Crippen LogP contribution < -0.4 is 9.86 Å². The summed E-state index contributed by atoms with van der Waals surface area (Å²) in [6.07, 6.45) is 1.83.